The molecule has 9 atom stereocenters. The molecule has 3 aliphatic rings. The molecule has 3 aliphatic heterocycles. The van der Waals surface area contributed by atoms with Gasteiger partial charge in [-0.15, -0.1) is 0 Å². The SMILES string of the molecule is CCCCO[C@@H]1[C@@H]2OC3(OC)CC[C@H](CCO)O[C@@H]3[C@@H](OC(C)=O)[C@@H]2O[C@@H]1CC(O)COC(C)=O. The van der Waals surface area contributed by atoms with E-state index in [0.717, 1.165) is 12.8 Å². The molecule has 35 heavy (non-hydrogen) atoms. The van der Waals surface area contributed by atoms with Crippen LogP contribution in [0.25, 0.3) is 0 Å². The number of hydrogen-bond donors (Lipinski definition) is 2. The van der Waals surface area contributed by atoms with Crippen LogP contribution in [0, 0.1) is 0 Å². The highest BCUT2D eigenvalue weighted by Crippen LogP contribution is 2.47. The first-order valence-corrected chi connectivity index (χ1v) is 12.5. The Hall–Kier alpha value is -1.34. The molecular weight excluding hydrogens is 464 g/mol. The predicted molar refractivity (Wildman–Crippen MR) is 120 cm³/mol. The Morgan fingerprint density at radius 3 is 2.54 bits per heavy atom. The third-order valence-electron chi connectivity index (χ3n) is 6.78. The molecule has 3 fully saturated rings. The molecule has 0 radical (unpaired) electrons. The van der Waals surface area contributed by atoms with Crippen molar-refractivity contribution in [3.05, 3.63) is 0 Å². The second-order valence-electron chi connectivity index (χ2n) is 9.42. The Balaban J connectivity index is 1.88. The van der Waals surface area contributed by atoms with E-state index in [1.54, 1.807) is 0 Å². The van der Waals surface area contributed by atoms with Gasteiger partial charge in [-0.05, 0) is 19.3 Å². The highest BCUT2D eigenvalue weighted by atomic mass is 16.8. The van der Waals surface area contributed by atoms with Crippen molar-refractivity contribution in [3.8, 4) is 0 Å². The molecule has 3 rings (SSSR count). The van der Waals surface area contributed by atoms with Crippen molar-refractivity contribution in [2.45, 2.75) is 114 Å². The second-order valence-corrected chi connectivity index (χ2v) is 9.42. The number of unbranched alkanes of at least 4 members (excludes halogenated alkanes) is 1. The molecule has 202 valence electrons. The lowest BCUT2D eigenvalue weighted by Crippen LogP contribution is -2.69. The van der Waals surface area contributed by atoms with Crippen molar-refractivity contribution in [2.75, 3.05) is 26.9 Å². The average molecular weight is 505 g/mol. The zero-order chi connectivity index (χ0) is 25.6. The van der Waals surface area contributed by atoms with Gasteiger partial charge in [0.25, 0.3) is 0 Å². The summed E-state index contributed by atoms with van der Waals surface area (Å²) in [5.41, 5.74) is 0. The van der Waals surface area contributed by atoms with E-state index in [4.69, 9.17) is 33.2 Å². The van der Waals surface area contributed by atoms with Crippen molar-refractivity contribution < 1.29 is 53.0 Å². The summed E-state index contributed by atoms with van der Waals surface area (Å²) in [6.07, 6.45) is -1.98. The van der Waals surface area contributed by atoms with Gasteiger partial charge in [-0.2, -0.15) is 0 Å². The van der Waals surface area contributed by atoms with Crippen LogP contribution in [0.5, 0.6) is 0 Å². The van der Waals surface area contributed by atoms with Crippen molar-refractivity contribution >= 4 is 11.9 Å². The molecule has 0 aromatic rings. The number of aliphatic hydroxyl groups excluding tert-OH is 2. The van der Waals surface area contributed by atoms with Crippen molar-refractivity contribution in [1.82, 2.24) is 0 Å². The van der Waals surface area contributed by atoms with Crippen LogP contribution in [0.15, 0.2) is 0 Å². The third-order valence-corrected chi connectivity index (χ3v) is 6.78. The van der Waals surface area contributed by atoms with Gasteiger partial charge in [-0.1, -0.05) is 13.3 Å². The quantitative estimate of drug-likeness (QED) is 0.289. The fraction of sp³-hybridized carbons (Fsp3) is 0.917. The van der Waals surface area contributed by atoms with Gasteiger partial charge in [0.15, 0.2) is 18.0 Å². The fourth-order valence-corrected chi connectivity index (χ4v) is 5.14. The molecule has 0 aromatic carbocycles. The molecule has 3 saturated heterocycles. The molecular formula is C24H40O11. The monoisotopic (exact) mass is 504 g/mol. The number of rotatable bonds is 12. The summed E-state index contributed by atoms with van der Waals surface area (Å²) in [6, 6.07) is 0. The van der Waals surface area contributed by atoms with Gasteiger partial charge in [-0.3, -0.25) is 9.59 Å². The van der Waals surface area contributed by atoms with E-state index in [0.29, 0.717) is 25.9 Å². The minimum absolute atomic E-state index is 0.0331. The number of methoxy groups -OCH3 is 1. The molecule has 0 spiro atoms. The lowest BCUT2D eigenvalue weighted by molar-refractivity contribution is -0.383. The Bertz CT molecular complexity index is 703. The zero-order valence-electron chi connectivity index (χ0n) is 21.1. The van der Waals surface area contributed by atoms with Crippen molar-refractivity contribution in [3.63, 3.8) is 0 Å². The maximum Gasteiger partial charge on any atom is 0.303 e. The lowest BCUT2D eigenvalue weighted by Gasteiger charge is -2.53. The number of carbonyl (C=O) groups excluding carboxylic acids is 2. The van der Waals surface area contributed by atoms with Gasteiger partial charge in [0.05, 0.1) is 18.3 Å². The maximum absolute atomic E-state index is 12.1. The normalized spacial score (nSPS) is 37.3. The van der Waals surface area contributed by atoms with Crippen LogP contribution in [0.4, 0.5) is 0 Å². The minimum Gasteiger partial charge on any atom is -0.463 e. The first-order chi connectivity index (χ1) is 16.7. The van der Waals surface area contributed by atoms with E-state index >= 15 is 0 Å². The molecule has 11 nitrogen and oxygen atoms in total. The molecule has 0 saturated carbocycles. The molecule has 0 bridgehead atoms. The summed E-state index contributed by atoms with van der Waals surface area (Å²) in [5, 5.41) is 19.9. The van der Waals surface area contributed by atoms with E-state index in [9.17, 15) is 19.8 Å². The summed E-state index contributed by atoms with van der Waals surface area (Å²) in [5.74, 6) is -2.17. The fourth-order valence-electron chi connectivity index (χ4n) is 5.14. The van der Waals surface area contributed by atoms with Gasteiger partial charge in [-0.25, -0.2) is 0 Å². The number of carbonyl (C=O) groups is 2. The van der Waals surface area contributed by atoms with Gasteiger partial charge in [0.2, 0.25) is 0 Å². The summed E-state index contributed by atoms with van der Waals surface area (Å²) >= 11 is 0. The lowest BCUT2D eigenvalue weighted by atomic mass is 9.84. The molecule has 2 N–H and O–H groups in total. The Labute approximate surface area is 206 Å². The maximum atomic E-state index is 12.1. The van der Waals surface area contributed by atoms with Crippen LogP contribution < -0.4 is 0 Å². The summed E-state index contributed by atoms with van der Waals surface area (Å²) in [6.45, 7) is 4.91. The highest BCUT2D eigenvalue weighted by molar-refractivity contribution is 5.66. The van der Waals surface area contributed by atoms with E-state index < -0.39 is 60.5 Å². The molecule has 11 heteroatoms. The summed E-state index contributed by atoms with van der Waals surface area (Å²) in [7, 11) is 1.52. The first kappa shape index (κ1) is 28.2. The zero-order valence-corrected chi connectivity index (χ0v) is 21.1. The Morgan fingerprint density at radius 1 is 1.14 bits per heavy atom. The van der Waals surface area contributed by atoms with E-state index in [2.05, 4.69) is 6.92 Å². The number of aliphatic hydroxyl groups is 2. The standard InChI is InChI=1S/C24H40O11/c1-5-6-11-30-19-18(12-16(28)13-31-14(2)26)34-20-21(19)35-24(29-4)9-7-17(8-10-25)33-23(24)22(20)32-15(3)27/h16-23,25,28H,5-13H2,1-4H3/t16?,17-,18-,19+,20-,21+,22+,23-,24?/m1/s1. The van der Waals surface area contributed by atoms with Crippen molar-refractivity contribution in [1.29, 1.82) is 0 Å². The van der Waals surface area contributed by atoms with E-state index in [-0.39, 0.29) is 25.7 Å². The summed E-state index contributed by atoms with van der Waals surface area (Å²) in [4.78, 5) is 23.3. The van der Waals surface area contributed by atoms with Crippen LogP contribution >= 0.6 is 0 Å². The Morgan fingerprint density at radius 2 is 1.91 bits per heavy atom. The largest absolute Gasteiger partial charge is 0.463 e. The average Bonchev–Trinajstić information content (AvgIpc) is 3.14. The molecule has 0 aromatic heterocycles. The molecule has 3 heterocycles. The Kier molecular flexibility index (Phi) is 10.3. The minimum atomic E-state index is -1.19. The van der Waals surface area contributed by atoms with Gasteiger partial charge >= 0.3 is 11.9 Å². The smallest absolute Gasteiger partial charge is 0.303 e. The van der Waals surface area contributed by atoms with Crippen molar-refractivity contribution in [2.24, 2.45) is 0 Å². The van der Waals surface area contributed by atoms with Gasteiger partial charge < -0.3 is 43.4 Å². The van der Waals surface area contributed by atoms with Crippen LogP contribution in [0.3, 0.4) is 0 Å². The van der Waals surface area contributed by atoms with Crippen LogP contribution in [-0.4, -0.2) is 104 Å². The van der Waals surface area contributed by atoms with Crippen LogP contribution in [0.1, 0.15) is 59.3 Å². The van der Waals surface area contributed by atoms with Gasteiger partial charge in [0.1, 0.15) is 24.9 Å². The number of fused-ring (bicyclic) bond motifs is 2. The van der Waals surface area contributed by atoms with E-state index in [1.807, 2.05) is 0 Å². The second kappa shape index (κ2) is 12.8. The van der Waals surface area contributed by atoms with Crippen LogP contribution in [0.2, 0.25) is 0 Å². The number of esters is 2. The predicted octanol–water partition coefficient (Wildman–Crippen LogP) is 0.856. The van der Waals surface area contributed by atoms with E-state index in [1.165, 1.54) is 21.0 Å². The molecule has 2 unspecified atom stereocenters. The summed E-state index contributed by atoms with van der Waals surface area (Å²) < 4.78 is 41.8. The topological polar surface area (TPSA) is 139 Å². The number of ether oxygens (including phenoxy) is 7. The molecule has 0 amide bonds. The first-order valence-electron chi connectivity index (χ1n) is 12.5. The highest BCUT2D eigenvalue weighted by Gasteiger charge is 2.65. The van der Waals surface area contributed by atoms with Crippen LogP contribution in [-0.2, 0) is 42.7 Å². The third kappa shape index (κ3) is 6.71. The number of hydrogen-bond acceptors (Lipinski definition) is 11. The van der Waals surface area contributed by atoms with Gasteiger partial charge in [0, 0.05) is 47.0 Å². The molecule has 0 aliphatic carbocycles.